The Morgan fingerprint density at radius 2 is 2.21 bits per heavy atom. The number of H-pyrrole nitrogens is 1. The van der Waals surface area contributed by atoms with Crippen molar-refractivity contribution in [1.82, 2.24) is 20.4 Å². The molecule has 0 radical (unpaired) electrons. The van der Waals surface area contributed by atoms with Crippen LogP contribution in [0.4, 0.5) is 0 Å². The molecule has 5 heteroatoms. The molecule has 4 nitrogen and oxygen atoms in total. The van der Waals surface area contributed by atoms with E-state index in [0.717, 1.165) is 24.5 Å². The van der Waals surface area contributed by atoms with Gasteiger partial charge in [-0.25, -0.2) is 0 Å². The fourth-order valence-corrected chi connectivity index (χ4v) is 3.11. The minimum absolute atomic E-state index is 0.424. The summed E-state index contributed by atoms with van der Waals surface area (Å²) in [6.45, 7) is 5.92. The van der Waals surface area contributed by atoms with Gasteiger partial charge in [-0.2, -0.15) is 5.10 Å². The number of hydrogen-bond acceptors (Lipinski definition) is 4. The predicted molar refractivity (Wildman–Crippen MR) is 80.5 cm³/mol. The van der Waals surface area contributed by atoms with Crippen LogP contribution in [0.1, 0.15) is 27.9 Å². The van der Waals surface area contributed by atoms with Gasteiger partial charge in [-0.3, -0.25) is 5.10 Å². The third kappa shape index (κ3) is 3.43. The van der Waals surface area contributed by atoms with E-state index in [4.69, 9.17) is 0 Å². The summed E-state index contributed by atoms with van der Waals surface area (Å²) in [5, 5.41) is 12.9. The lowest BCUT2D eigenvalue weighted by Gasteiger charge is -2.23. The highest BCUT2D eigenvalue weighted by atomic mass is 32.1. The Labute approximate surface area is 118 Å². The molecule has 104 valence electrons. The number of aromatic nitrogens is 2. The van der Waals surface area contributed by atoms with Crippen LogP contribution in [0.15, 0.2) is 17.5 Å². The molecule has 19 heavy (non-hydrogen) atoms. The Kier molecular flexibility index (Phi) is 4.74. The monoisotopic (exact) mass is 278 g/mol. The first kappa shape index (κ1) is 14.2. The van der Waals surface area contributed by atoms with E-state index < -0.39 is 0 Å². The Balaban J connectivity index is 1.94. The van der Waals surface area contributed by atoms with Crippen molar-refractivity contribution in [2.24, 2.45) is 0 Å². The zero-order valence-corrected chi connectivity index (χ0v) is 12.8. The fourth-order valence-electron chi connectivity index (χ4n) is 2.19. The lowest BCUT2D eigenvalue weighted by Crippen LogP contribution is -2.30. The van der Waals surface area contributed by atoms with Crippen molar-refractivity contribution in [3.63, 3.8) is 0 Å². The molecule has 2 aromatic heterocycles. The van der Waals surface area contributed by atoms with E-state index in [1.807, 2.05) is 18.3 Å². The average Bonchev–Trinajstić information content (AvgIpc) is 2.97. The zero-order chi connectivity index (χ0) is 13.8. The van der Waals surface area contributed by atoms with Crippen LogP contribution in [0.3, 0.4) is 0 Å². The first-order valence-electron chi connectivity index (χ1n) is 6.50. The van der Waals surface area contributed by atoms with Gasteiger partial charge in [0.05, 0.1) is 11.7 Å². The van der Waals surface area contributed by atoms with Crippen LogP contribution in [0, 0.1) is 13.8 Å². The Morgan fingerprint density at radius 3 is 2.74 bits per heavy atom. The SMILES string of the molecule is Cc1n[nH]c(C)c1CNC[C@H](c1cccs1)N(C)C. The third-order valence-corrected chi connectivity index (χ3v) is 4.39. The maximum absolute atomic E-state index is 4.23. The van der Waals surface area contributed by atoms with E-state index in [-0.39, 0.29) is 0 Å². The number of likely N-dealkylation sites (N-methyl/N-ethyl adjacent to an activating group) is 1. The Bertz CT molecular complexity index is 482. The summed E-state index contributed by atoms with van der Waals surface area (Å²) in [7, 11) is 4.25. The summed E-state index contributed by atoms with van der Waals surface area (Å²) >= 11 is 1.81. The molecular weight excluding hydrogens is 256 g/mol. The average molecular weight is 278 g/mol. The number of aromatic amines is 1. The van der Waals surface area contributed by atoms with Crippen molar-refractivity contribution in [3.8, 4) is 0 Å². The Morgan fingerprint density at radius 1 is 1.42 bits per heavy atom. The van der Waals surface area contributed by atoms with Crippen molar-refractivity contribution in [3.05, 3.63) is 39.3 Å². The molecular formula is C14H22N4S. The van der Waals surface area contributed by atoms with Crippen LogP contribution in [0.25, 0.3) is 0 Å². The summed E-state index contributed by atoms with van der Waals surface area (Å²) in [4.78, 5) is 3.66. The van der Waals surface area contributed by atoms with Crippen molar-refractivity contribution < 1.29 is 0 Å². The quantitative estimate of drug-likeness (QED) is 0.853. The molecule has 0 fully saturated rings. The highest BCUT2D eigenvalue weighted by Crippen LogP contribution is 2.22. The van der Waals surface area contributed by atoms with E-state index >= 15 is 0 Å². The van der Waals surface area contributed by atoms with Crippen molar-refractivity contribution in [2.75, 3.05) is 20.6 Å². The van der Waals surface area contributed by atoms with Gasteiger partial charge in [0.2, 0.25) is 0 Å². The molecule has 0 aromatic carbocycles. The maximum atomic E-state index is 4.23. The molecule has 2 N–H and O–H groups in total. The van der Waals surface area contributed by atoms with Crippen molar-refractivity contribution in [2.45, 2.75) is 26.4 Å². The molecule has 0 saturated carbocycles. The Hall–Kier alpha value is -1.17. The predicted octanol–water partition coefficient (Wildman–Crippen LogP) is 2.48. The molecule has 1 atom stereocenters. The lowest BCUT2D eigenvalue weighted by molar-refractivity contribution is 0.292. The van der Waals surface area contributed by atoms with E-state index in [2.05, 4.69) is 58.9 Å². The third-order valence-electron chi connectivity index (χ3n) is 3.42. The maximum Gasteiger partial charge on any atom is 0.0638 e. The summed E-state index contributed by atoms with van der Waals surface area (Å²) in [5.74, 6) is 0. The van der Waals surface area contributed by atoms with Crippen molar-refractivity contribution in [1.29, 1.82) is 0 Å². The van der Waals surface area contributed by atoms with Gasteiger partial charge in [0.25, 0.3) is 0 Å². The molecule has 2 rings (SSSR count). The first-order chi connectivity index (χ1) is 9.09. The van der Waals surface area contributed by atoms with Crippen LogP contribution in [-0.2, 0) is 6.54 Å². The van der Waals surface area contributed by atoms with Crippen LogP contribution >= 0.6 is 11.3 Å². The molecule has 0 aliphatic carbocycles. The molecule has 0 saturated heterocycles. The molecule has 0 aliphatic rings. The second-order valence-corrected chi connectivity index (χ2v) is 6.02. The first-order valence-corrected chi connectivity index (χ1v) is 7.38. The number of nitrogens with one attached hydrogen (secondary N) is 2. The molecule has 0 bridgehead atoms. The lowest BCUT2D eigenvalue weighted by atomic mass is 10.2. The number of nitrogens with zero attached hydrogens (tertiary/aromatic N) is 2. The fraction of sp³-hybridized carbons (Fsp3) is 0.500. The normalized spacial score (nSPS) is 13.1. The topological polar surface area (TPSA) is 44.0 Å². The second kappa shape index (κ2) is 6.32. The van der Waals surface area contributed by atoms with Crippen molar-refractivity contribution >= 4 is 11.3 Å². The summed E-state index contributed by atoms with van der Waals surface area (Å²) < 4.78 is 0. The van der Waals surface area contributed by atoms with Crippen LogP contribution < -0.4 is 5.32 Å². The van der Waals surface area contributed by atoms with Gasteiger partial charge >= 0.3 is 0 Å². The van der Waals surface area contributed by atoms with Crippen LogP contribution in [0.2, 0.25) is 0 Å². The molecule has 0 aliphatic heterocycles. The highest BCUT2D eigenvalue weighted by molar-refractivity contribution is 7.10. The molecule has 2 heterocycles. The standard InChI is InChI=1S/C14H22N4S/c1-10-12(11(2)17-16-10)8-15-9-13(18(3)4)14-6-5-7-19-14/h5-7,13,15H,8-9H2,1-4H3,(H,16,17)/t13-/m1/s1. The highest BCUT2D eigenvalue weighted by Gasteiger charge is 2.15. The minimum Gasteiger partial charge on any atom is -0.311 e. The second-order valence-electron chi connectivity index (χ2n) is 5.04. The van der Waals surface area contributed by atoms with E-state index in [9.17, 15) is 0 Å². The van der Waals surface area contributed by atoms with Gasteiger partial charge in [0.1, 0.15) is 0 Å². The summed E-state index contributed by atoms with van der Waals surface area (Å²) in [6, 6.07) is 4.74. The minimum atomic E-state index is 0.424. The number of hydrogen-bond donors (Lipinski definition) is 2. The van der Waals surface area contributed by atoms with Gasteiger partial charge in [-0.05, 0) is 39.4 Å². The smallest absolute Gasteiger partial charge is 0.0638 e. The molecule has 2 aromatic rings. The number of thiophene rings is 1. The van der Waals surface area contributed by atoms with E-state index in [1.54, 1.807) is 0 Å². The summed E-state index contributed by atoms with van der Waals surface area (Å²) in [6.07, 6.45) is 0. The van der Waals surface area contributed by atoms with Gasteiger partial charge < -0.3 is 10.2 Å². The van der Waals surface area contributed by atoms with E-state index in [0.29, 0.717) is 6.04 Å². The van der Waals surface area contributed by atoms with Gasteiger partial charge in [0.15, 0.2) is 0 Å². The zero-order valence-electron chi connectivity index (χ0n) is 12.0. The van der Waals surface area contributed by atoms with Gasteiger partial charge in [-0.1, -0.05) is 6.07 Å². The number of rotatable bonds is 6. The van der Waals surface area contributed by atoms with Crippen LogP contribution in [-0.4, -0.2) is 35.7 Å². The largest absolute Gasteiger partial charge is 0.311 e. The summed E-state index contributed by atoms with van der Waals surface area (Å²) in [5.41, 5.74) is 3.52. The molecule has 0 amide bonds. The van der Waals surface area contributed by atoms with Crippen LogP contribution in [0.5, 0.6) is 0 Å². The molecule has 0 unspecified atom stereocenters. The molecule has 0 spiro atoms. The van der Waals surface area contributed by atoms with Gasteiger partial charge in [-0.15, -0.1) is 11.3 Å². The van der Waals surface area contributed by atoms with E-state index in [1.165, 1.54) is 10.4 Å². The number of aryl methyl sites for hydroxylation is 2. The van der Waals surface area contributed by atoms with Gasteiger partial charge in [0, 0.05) is 29.2 Å².